The van der Waals surface area contributed by atoms with Crippen LogP contribution >= 0.6 is 12.4 Å². The Balaban J connectivity index is 0.00000108. The van der Waals surface area contributed by atoms with Crippen molar-refractivity contribution in [2.75, 3.05) is 13.1 Å². The fourth-order valence-corrected chi connectivity index (χ4v) is 3.80. The molecule has 17 heavy (non-hydrogen) atoms. The van der Waals surface area contributed by atoms with Crippen molar-refractivity contribution < 1.29 is 4.79 Å². The molecule has 0 aromatic heterocycles. The van der Waals surface area contributed by atoms with E-state index in [1.54, 1.807) is 0 Å². The first kappa shape index (κ1) is 13.2. The highest BCUT2D eigenvalue weighted by atomic mass is 35.5. The van der Waals surface area contributed by atoms with E-state index >= 15 is 0 Å². The first-order valence-corrected chi connectivity index (χ1v) is 6.84. The fraction of sp³-hybridized carbons (Fsp3) is 0.923. The van der Waals surface area contributed by atoms with E-state index in [2.05, 4.69) is 10.6 Å². The second kappa shape index (κ2) is 5.57. The van der Waals surface area contributed by atoms with E-state index < -0.39 is 0 Å². The Labute approximate surface area is 110 Å². The molecule has 0 spiro atoms. The smallest absolute Gasteiger partial charge is 0.224 e. The van der Waals surface area contributed by atoms with E-state index in [4.69, 9.17) is 0 Å². The maximum atomic E-state index is 12.1. The van der Waals surface area contributed by atoms with Gasteiger partial charge in [-0.25, -0.2) is 0 Å². The van der Waals surface area contributed by atoms with Crippen LogP contribution in [0.1, 0.15) is 38.5 Å². The number of nitrogens with one attached hydrogen (secondary N) is 2. The highest BCUT2D eigenvalue weighted by Gasteiger charge is 2.40. The molecule has 1 saturated heterocycles. The summed E-state index contributed by atoms with van der Waals surface area (Å²) in [5.41, 5.74) is 0. The molecule has 2 bridgehead atoms. The Hall–Kier alpha value is -0.280. The summed E-state index contributed by atoms with van der Waals surface area (Å²) in [6.45, 7) is 1.96. The van der Waals surface area contributed by atoms with Gasteiger partial charge < -0.3 is 10.6 Å². The maximum Gasteiger partial charge on any atom is 0.224 e. The van der Waals surface area contributed by atoms with Crippen LogP contribution in [0.2, 0.25) is 0 Å². The standard InChI is InChI=1S/C13H22N2O.ClH/c16-13(11-2-1-5-14-8-11)15-12-7-9-3-4-10(12)6-9;/h9-12,14H,1-8H2,(H,15,16);1H/t9?,10?,11-,12?;/m1./s1. The molecule has 98 valence electrons. The molecule has 1 heterocycles. The number of halogens is 1. The van der Waals surface area contributed by atoms with Crippen LogP contribution in [0.4, 0.5) is 0 Å². The molecule has 3 aliphatic rings. The van der Waals surface area contributed by atoms with Gasteiger partial charge in [0.2, 0.25) is 5.91 Å². The summed E-state index contributed by atoms with van der Waals surface area (Å²) < 4.78 is 0. The SMILES string of the molecule is Cl.O=C(NC1CC2CCC1C2)[C@@H]1CCCNC1. The van der Waals surface area contributed by atoms with Crippen LogP contribution in [0.25, 0.3) is 0 Å². The second-order valence-corrected chi connectivity index (χ2v) is 5.83. The van der Waals surface area contributed by atoms with E-state index in [0.29, 0.717) is 11.9 Å². The van der Waals surface area contributed by atoms with Crippen molar-refractivity contribution in [2.45, 2.75) is 44.6 Å². The van der Waals surface area contributed by atoms with E-state index in [9.17, 15) is 4.79 Å². The Bertz CT molecular complexity index is 279. The molecule has 1 aliphatic heterocycles. The monoisotopic (exact) mass is 258 g/mol. The van der Waals surface area contributed by atoms with Crippen molar-refractivity contribution in [3.63, 3.8) is 0 Å². The summed E-state index contributed by atoms with van der Waals surface area (Å²) in [4.78, 5) is 12.1. The molecule has 3 fully saturated rings. The van der Waals surface area contributed by atoms with Crippen LogP contribution in [-0.4, -0.2) is 25.0 Å². The van der Waals surface area contributed by atoms with E-state index in [1.807, 2.05) is 0 Å². The predicted molar refractivity (Wildman–Crippen MR) is 70.2 cm³/mol. The summed E-state index contributed by atoms with van der Waals surface area (Å²) >= 11 is 0. The van der Waals surface area contributed by atoms with Crippen molar-refractivity contribution in [2.24, 2.45) is 17.8 Å². The highest BCUT2D eigenvalue weighted by Crippen LogP contribution is 2.44. The lowest BCUT2D eigenvalue weighted by atomic mass is 9.93. The zero-order chi connectivity index (χ0) is 11.0. The van der Waals surface area contributed by atoms with Crippen molar-refractivity contribution in [1.82, 2.24) is 10.6 Å². The van der Waals surface area contributed by atoms with Gasteiger partial charge in [-0.3, -0.25) is 4.79 Å². The number of carbonyl (C=O) groups excluding carboxylic acids is 1. The van der Waals surface area contributed by atoms with Gasteiger partial charge in [0.1, 0.15) is 0 Å². The third kappa shape index (κ3) is 2.76. The summed E-state index contributed by atoms with van der Waals surface area (Å²) in [6.07, 6.45) is 7.58. The molecule has 2 aliphatic carbocycles. The van der Waals surface area contributed by atoms with E-state index in [0.717, 1.165) is 37.8 Å². The molecule has 1 amide bonds. The van der Waals surface area contributed by atoms with Crippen molar-refractivity contribution in [3.8, 4) is 0 Å². The van der Waals surface area contributed by atoms with Gasteiger partial charge in [-0.1, -0.05) is 6.42 Å². The summed E-state index contributed by atoms with van der Waals surface area (Å²) in [6, 6.07) is 0.508. The minimum Gasteiger partial charge on any atom is -0.353 e. The van der Waals surface area contributed by atoms with Crippen LogP contribution in [-0.2, 0) is 4.79 Å². The van der Waals surface area contributed by atoms with Crippen LogP contribution in [0.5, 0.6) is 0 Å². The first-order valence-electron chi connectivity index (χ1n) is 6.84. The zero-order valence-electron chi connectivity index (χ0n) is 10.3. The Kier molecular flexibility index (Phi) is 4.31. The molecule has 4 heteroatoms. The number of fused-ring (bicyclic) bond motifs is 2. The Morgan fingerprint density at radius 1 is 1.18 bits per heavy atom. The molecule has 0 radical (unpaired) electrons. The molecule has 3 nitrogen and oxygen atoms in total. The number of amides is 1. The average molecular weight is 259 g/mol. The number of rotatable bonds is 2. The van der Waals surface area contributed by atoms with Gasteiger partial charge in [0.15, 0.2) is 0 Å². The second-order valence-electron chi connectivity index (χ2n) is 5.83. The maximum absolute atomic E-state index is 12.1. The zero-order valence-corrected chi connectivity index (χ0v) is 11.1. The van der Waals surface area contributed by atoms with Crippen LogP contribution in [0.3, 0.4) is 0 Å². The van der Waals surface area contributed by atoms with Gasteiger partial charge >= 0.3 is 0 Å². The normalized spacial score (nSPS) is 39.8. The number of hydrogen-bond donors (Lipinski definition) is 2. The van der Waals surface area contributed by atoms with Gasteiger partial charge in [-0.05, 0) is 50.5 Å². The number of hydrogen-bond acceptors (Lipinski definition) is 2. The quantitative estimate of drug-likeness (QED) is 0.792. The molecule has 3 unspecified atom stereocenters. The molecule has 0 aromatic rings. The van der Waals surface area contributed by atoms with Crippen LogP contribution in [0, 0.1) is 17.8 Å². The van der Waals surface area contributed by atoms with Crippen molar-refractivity contribution in [1.29, 1.82) is 0 Å². The fourth-order valence-electron chi connectivity index (χ4n) is 3.80. The van der Waals surface area contributed by atoms with Crippen molar-refractivity contribution in [3.05, 3.63) is 0 Å². The molecule has 2 N–H and O–H groups in total. The molecule has 3 rings (SSSR count). The summed E-state index contributed by atoms with van der Waals surface area (Å²) in [7, 11) is 0. The van der Waals surface area contributed by atoms with Gasteiger partial charge in [0.05, 0.1) is 5.92 Å². The van der Waals surface area contributed by atoms with Gasteiger partial charge in [0.25, 0.3) is 0 Å². The lowest BCUT2D eigenvalue weighted by molar-refractivity contribution is -0.126. The lowest BCUT2D eigenvalue weighted by Gasteiger charge is -2.27. The third-order valence-corrected chi connectivity index (χ3v) is 4.73. The first-order chi connectivity index (χ1) is 7.83. The Morgan fingerprint density at radius 2 is 2.06 bits per heavy atom. The van der Waals surface area contributed by atoms with Crippen LogP contribution < -0.4 is 10.6 Å². The van der Waals surface area contributed by atoms with Crippen LogP contribution in [0.15, 0.2) is 0 Å². The molecule has 2 saturated carbocycles. The average Bonchev–Trinajstić information content (AvgIpc) is 2.92. The van der Waals surface area contributed by atoms with Gasteiger partial charge in [-0.2, -0.15) is 0 Å². The van der Waals surface area contributed by atoms with E-state index in [1.165, 1.54) is 25.7 Å². The minimum absolute atomic E-state index is 0. The molecule has 0 aromatic carbocycles. The summed E-state index contributed by atoms with van der Waals surface area (Å²) in [5.74, 6) is 2.25. The number of carbonyl (C=O) groups is 1. The third-order valence-electron chi connectivity index (χ3n) is 4.73. The highest BCUT2D eigenvalue weighted by molar-refractivity contribution is 5.85. The van der Waals surface area contributed by atoms with Crippen molar-refractivity contribution >= 4 is 18.3 Å². The molecular formula is C13H23ClN2O. The van der Waals surface area contributed by atoms with Gasteiger partial charge in [0, 0.05) is 12.6 Å². The summed E-state index contributed by atoms with van der Waals surface area (Å²) in [5, 5.41) is 6.61. The van der Waals surface area contributed by atoms with E-state index in [-0.39, 0.29) is 18.3 Å². The molecular weight excluding hydrogens is 236 g/mol. The Morgan fingerprint density at radius 3 is 2.65 bits per heavy atom. The minimum atomic E-state index is 0. The molecule has 4 atom stereocenters. The topological polar surface area (TPSA) is 41.1 Å². The predicted octanol–water partition coefficient (Wildman–Crippen LogP) is 1.71. The number of piperidine rings is 1. The lowest BCUT2D eigenvalue weighted by Crippen LogP contribution is -2.46. The van der Waals surface area contributed by atoms with Gasteiger partial charge in [-0.15, -0.1) is 12.4 Å². The largest absolute Gasteiger partial charge is 0.353 e.